The second-order valence-electron chi connectivity index (χ2n) is 6.35. The van der Waals surface area contributed by atoms with E-state index in [1.165, 1.54) is 0 Å². The standard InChI is InChI=1S/C21H23N3O3/c1-2-22-20(25)18(13-15-9-5-3-6-10-15)23-21(26)19-14-17(24-27-19)16-11-7-4-8-12-16/h3-12,18-19H,2,13-14H2,1H3,(H,22,25)(H,23,26)/t18-,19-/m0/s1. The van der Waals surface area contributed by atoms with Crippen molar-refractivity contribution < 1.29 is 14.4 Å². The van der Waals surface area contributed by atoms with Gasteiger partial charge >= 0.3 is 0 Å². The van der Waals surface area contributed by atoms with Gasteiger partial charge in [-0.15, -0.1) is 0 Å². The van der Waals surface area contributed by atoms with Gasteiger partial charge in [0, 0.05) is 19.4 Å². The lowest BCUT2D eigenvalue weighted by molar-refractivity contribution is -0.135. The van der Waals surface area contributed by atoms with Crippen LogP contribution in [0.25, 0.3) is 0 Å². The molecule has 6 nitrogen and oxygen atoms in total. The highest BCUT2D eigenvalue weighted by atomic mass is 16.6. The predicted molar refractivity (Wildman–Crippen MR) is 103 cm³/mol. The van der Waals surface area contributed by atoms with Crippen molar-refractivity contribution in [3.8, 4) is 0 Å². The van der Waals surface area contributed by atoms with E-state index < -0.39 is 12.1 Å². The average Bonchev–Trinajstić information content (AvgIpc) is 3.19. The van der Waals surface area contributed by atoms with Crippen LogP contribution in [-0.2, 0) is 20.8 Å². The van der Waals surface area contributed by atoms with Gasteiger partial charge in [0.25, 0.3) is 5.91 Å². The fourth-order valence-corrected chi connectivity index (χ4v) is 2.94. The molecule has 0 fully saturated rings. The number of rotatable bonds is 7. The minimum Gasteiger partial charge on any atom is -0.382 e. The molecule has 6 heteroatoms. The molecule has 2 atom stereocenters. The van der Waals surface area contributed by atoms with Crippen LogP contribution in [0.5, 0.6) is 0 Å². The van der Waals surface area contributed by atoms with Crippen LogP contribution in [0, 0.1) is 0 Å². The third-order valence-electron chi connectivity index (χ3n) is 4.33. The Bertz CT molecular complexity index is 806. The zero-order chi connectivity index (χ0) is 19.1. The summed E-state index contributed by atoms with van der Waals surface area (Å²) < 4.78 is 0. The molecule has 2 aromatic carbocycles. The molecule has 140 valence electrons. The van der Waals surface area contributed by atoms with Gasteiger partial charge in [0.1, 0.15) is 6.04 Å². The van der Waals surface area contributed by atoms with E-state index in [2.05, 4.69) is 15.8 Å². The summed E-state index contributed by atoms with van der Waals surface area (Å²) in [6.45, 7) is 2.35. The van der Waals surface area contributed by atoms with Gasteiger partial charge in [-0.2, -0.15) is 0 Å². The van der Waals surface area contributed by atoms with Gasteiger partial charge in [-0.3, -0.25) is 9.59 Å². The second kappa shape index (κ2) is 8.98. The first-order valence-electron chi connectivity index (χ1n) is 9.07. The molecular formula is C21H23N3O3. The van der Waals surface area contributed by atoms with Gasteiger partial charge in [0.15, 0.2) is 0 Å². The van der Waals surface area contributed by atoms with Crippen LogP contribution in [0.2, 0.25) is 0 Å². The normalized spacial score (nSPS) is 16.8. The van der Waals surface area contributed by atoms with Crippen molar-refractivity contribution >= 4 is 17.5 Å². The van der Waals surface area contributed by atoms with E-state index in [1.54, 1.807) is 0 Å². The quantitative estimate of drug-likeness (QED) is 0.788. The molecule has 3 rings (SSSR count). The Morgan fingerprint density at radius 3 is 2.44 bits per heavy atom. The number of amides is 2. The van der Waals surface area contributed by atoms with Crippen LogP contribution in [0.1, 0.15) is 24.5 Å². The van der Waals surface area contributed by atoms with Crippen LogP contribution < -0.4 is 10.6 Å². The summed E-state index contributed by atoms with van der Waals surface area (Å²) in [5, 5.41) is 9.62. The summed E-state index contributed by atoms with van der Waals surface area (Å²) >= 11 is 0. The molecule has 2 N–H and O–H groups in total. The molecule has 1 heterocycles. The lowest BCUT2D eigenvalue weighted by atomic mass is 10.0. The Kier molecular flexibility index (Phi) is 6.20. The number of nitrogens with zero attached hydrogens (tertiary/aromatic N) is 1. The summed E-state index contributed by atoms with van der Waals surface area (Å²) in [7, 11) is 0. The Labute approximate surface area is 158 Å². The maximum absolute atomic E-state index is 12.6. The highest BCUT2D eigenvalue weighted by Crippen LogP contribution is 2.17. The molecule has 1 aliphatic heterocycles. The van der Waals surface area contributed by atoms with Crippen LogP contribution in [0.4, 0.5) is 0 Å². The smallest absolute Gasteiger partial charge is 0.265 e. The van der Waals surface area contributed by atoms with Crippen molar-refractivity contribution in [3.63, 3.8) is 0 Å². The first-order chi connectivity index (χ1) is 13.2. The van der Waals surface area contributed by atoms with E-state index in [9.17, 15) is 9.59 Å². The number of oxime groups is 1. The lowest BCUT2D eigenvalue weighted by Gasteiger charge is -2.19. The summed E-state index contributed by atoms with van der Waals surface area (Å²) in [5.74, 6) is -0.547. The number of likely N-dealkylation sites (N-methyl/N-ethyl adjacent to an activating group) is 1. The first kappa shape index (κ1) is 18.6. The fourth-order valence-electron chi connectivity index (χ4n) is 2.94. The zero-order valence-corrected chi connectivity index (χ0v) is 15.2. The van der Waals surface area contributed by atoms with E-state index in [0.717, 1.165) is 16.8 Å². The fraction of sp³-hybridized carbons (Fsp3) is 0.286. The molecule has 0 saturated heterocycles. The zero-order valence-electron chi connectivity index (χ0n) is 15.2. The minimum atomic E-state index is -0.729. The molecule has 1 aliphatic rings. The molecular weight excluding hydrogens is 342 g/mol. The Hall–Kier alpha value is -3.15. The second-order valence-corrected chi connectivity index (χ2v) is 6.35. The first-order valence-corrected chi connectivity index (χ1v) is 9.07. The number of nitrogens with one attached hydrogen (secondary N) is 2. The van der Waals surface area contributed by atoms with E-state index >= 15 is 0 Å². The van der Waals surface area contributed by atoms with E-state index in [4.69, 9.17) is 4.84 Å². The van der Waals surface area contributed by atoms with Crippen LogP contribution >= 0.6 is 0 Å². The largest absolute Gasteiger partial charge is 0.382 e. The van der Waals surface area contributed by atoms with Gasteiger partial charge < -0.3 is 15.5 Å². The number of hydrogen-bond donors (Lipinski definition) is 2. The van der Waals surface area contributed by atoms with Gasteiger partial charge in [0.05, 0.1) is 5.71 Å². The van der Waals surface area contributed by atoms with Crippen molar-refractivity contribution in [2.24, 2.45) is 5.16 Å². The molecule has 2 aromatic rings. The van der Waals surface area contributed by atoms with E-state index in [1.807, 2.05) is 67.6 Å². The van der Waals surface area contributed by atoms with Gasteiger partial charge in [-0.25, -0.2) is 0 Å². The molecule has 2 amide bonds. The number of benzene rings is 2. The van der Waals surface area contributed by atoms with E-state index in [0.29, 0.717) is 19.4 Å². The summed E-state index contributed by atoms with van der Waals surface area (Å²) in [4.78, 5) is 30.3. The Morgan fingerprint density at radius 2 is 1.78 bits per heavy atom. The summed E-state index contributed by atoms with van der Waals surface area (Å²) in [5.41, 5.74) is 2.63. The number of hydrogen-bond acceptors (Lipinski definition) is 4. The maximum atomic E-state index is 12.6. The molecule has 0 spiro atoms. The van der Waals surface area contributed by atoms with Crippen LogP contribution in [-0.4, -0.2) is 36.2 Å². The molecule has 0 bridgehead atoms. The van der Waals surface area contributed by atoms with Crippen LogP contribution in [0.15, 0.2) is 65.8 Å². The summed E-state index contributed by atoms with van der Waals surface area (Å²) in [6, 6.07) is 18.5. The maximum Gasteiger partial charge on any atom is 0.265 e. The monoisotopic (exact) mass is 365 g/mol. The predicted octanol–water partition coefficient (Wildman–Crippen LogP) is 2.04. The SMILES string of the molecule is CCNC(=O)[C@H](Cc1ccccc1)NC(=O)[C@@H]1CC(c2ccccc2)=NO1. The van der Waals surface area contributed by atoms with Gasteiger partial charge in [-0.05, 0) is 18.1 Å². The van der Waals surface area contributed by atoms with Crippen LogP contribution in [0.3, 0.4) is 0 Å². The topological polar surface area (TPSA) is 79.8 Å². The molecule has 0 aromatic heterocycles. The van der Waals surface area contributed by atoms with Crippen molar-refractivity contribution in [1.29, 1.82) is 0 Å². The van der Waals surface area contributed by atoms with Crippen molar-refractivity contribution in [2.45, 2.75) is 31.9 Å². The number of carbonyl (C=O) groups excluding carboxylic acids is 2. The van der Waals surface area contributed by atoms with E-state index in [-0.39, 0.29) is 11.8 Å². The molecule has 0 unspecified atom stereocenters. The summed E-state index contributed by atoms with van der Waals surface area (Å²) in [6.07, 6.45) is 0.0637. The lowest BCUT2D eigenvalue weighted by Crippen LogP contribution is -2.50. The average molecular weight is 365 g/mol. The van der Waals surface area contributed by atoms with Crippen molar-refractivity contribution in [1.82, 2.24) is 10.6 Å². The molecule has 0 aliphatic carbocycles. The minimum absolute atomic E-state index is 0.211. The Balaban J connectivity index is 1.63. The van der Waals surface area contributed by atoms with Gasteiger partial charge in [0.2, 0.25) is 12.0 Å². The molecule has 0 radical (unpaired) electrons. The third kappa shape index (κ3) is 4.94. The molecule has 0 saturated carbocycles. The van der Waals surface area contributed by atoms with Crippen molar-refractivity contribution in [2.75, 3.05) is 6.54 Å². The Morgan fingerprint density at radius 1 is 1.11 bits per heavy atom. The van der Waals surface area contributed by atoms with Crippen molar-refractivity contribution in [3.05, 3.63) is 71.8 Å². The highest BCUT2D eigenvalue weighted by molar-refractivity contribution is 6.04. The molecule has 27 heavy (non-hydrogen) atoms. The highest BCUT2D eigenvalue weighted by Gasteiger charge is 2.31. The van der Waals surface area contributed by atoms with Gasteiger partial charge in [-0.1, -0.05) is 65.8 Å². The third-order valence-corrected chi connectivity index (χ3v) is 4.33. The number of carbonyl (C=O) groups is 2.